The molecule has 5 heteroatoms. The molecule has 0 saturated heterocycles. The lowest BCUT2D eigenvalue weighted by Crippen LogP contribution is -2.52. The second kappa shape index (κ2) is 14.6. The van der Waals surface area contributed by atoms with Crippen LogP contribution in [0.3, 0.4) is 0 Å². The van der Waals surface area contributed by atoms with Gasteiger partial charge in [-0.25, -0.2) is 0 Å². The number of benzene rings is 1. The number of phenols is 1. The minimum Gasteiger partial charge on any atom is -0.507 e. The molecule has 1 aliphatic rings. The number of fused-ring (bicyclic) bond motifs is 1. The van der Waals surface area contributed by atoms with Crippen LogP contribution in [-0.2, 0) is 16.0 Å². The summed E-state index contributed by atoms with van der Waals surface area (Å²) in [7, 11) is 3.74. The summed E-state index contributed by atoms with van der Waals surface area (Å²) in [6.45, 7) is 17.6. The minimum atomic E-state index is -0.597. The van der Waals surface area contributed by atoms with Gasteiger partial charge in [0, 0.05) is 12.0 Å². The van der Waals surface area contributed by atoms with Crippen LogP contribution in [0.4, 0.5) is 0 Å². The van der Waals surface area contributed by atoms with Gasteiger partial charge in [0.05, 0.1) is 6.54 Å². The molecule has 0 aliphatic carbocycles. The van der Waals surface area contributed by atoms with Crippen LogP contribution < -0.4 is 4.74 Å². The molecule has 0 fully saturated rings. The molecule has 2 rings (SSSR count). The van der Waals surface area contributed by atoms with Gasteiger partial charge >= 0.3 is 5.97 Å². The number of hydrogen-bond acceptors (Lipinski definition) is 5. The molecule has 0 bridgehead atoms. The summed E-state index contributed by atoms with van der Waals surface area (Å²) in [5, 5.41) is 10.7. The molecular formula is C33H57NO4. The number of rotatable bonds is 15. The van der Waals surface area contributed by atoms with Crippen molar-refractivity contribution in [2.75, 3.05) is 20.6 Å². The van der Waals surface area contributed by atoms with Gasteiger partial charge in [-0.05, 0) is 89.1 Å². The molecular weight excluding hydrogens is 474 g/mol. The third-order valence-corrected chi connectivity index (χ3v) is 8.71. The smallest absolute Gasteiger partial charge is 0.320 e. The van der Waals surface area contributed by atoms with Crippen LogP contribution in [-0.4, -0.2) is 48.3 Å². The van der Waals surface area contributed by atoms with Crippen LogP contribution in [0.2, 0.25) is 0 Å². The van der Waals surface area contributed by atoms with E-state index in [2.05, 4.69) is 34.6 Å². The summed E-state index contributed by atoms with van der Waals surface area (Å²) in [5.74, 6) is 3.25. The predicted molar refractivity (Wildman–Crippen MR) is 158 cm³/mol. The summed E-state index contributed by atoms with van der Waals surface area (Å²) >= 11 is 0. The maximum Gasteiger partial charge on any atom is 0.320 e. The molecule has 1 aromatic carbocycles. The molecule has 0 spiro atoms. The average Bonchev–Trinajstić information content (AvgIpc) is 2.81. The zero-order valence-electron chi connectivity index (χ0n) is 26.2. The first-order chi connectivity index (χ1) is 17.7. The topological polar surface area (TPSA) is 59.0 Å². The van der Waals surface area contributed by atoms with Gasteiger partial charge in [0.2, 0.25) is 0 Å². The monoisotopic (exact) mass is 531 g/mol. The van der Waals surface area contributed by atoms with Crippen molar-refractivity contribution in [3.8, 4) is 11.5 Å². The number of aromatic hydroxyl groups is 1. The van der Waals surface area contributed by atoms with Gasteiger partial charge in [-0.3, -0.25) is 9.69 Å². The highest BCUT2D eigenvalue weighted by Crippen LogP contribution is 2.45. The highest BCUT2D eigenvalue weighted by Gasteiger charge is 2.45. The molecule has 1 heterocycles. The van der Waals surface area contributed by atoms with Crippen LogP contribution in [0.25, 0.3) is 0 Å². The Kier molecular flexibility index (Phi) is 12.5. The number of esters is 1. The van der Waals surface area contributed by atoms with Crippen molar-refractivity contribution in [3.63, 3.8) is 0 Å². The fourth-order valence-corrected chi connectivity index (χ4v) is 5.86. The lowest BCUT2D eigenvalue weighted by atomic mass is 9.81. The molecule has 4 atom stereocenters. The van der Waals surface area contributed by atoms with E-state index in [-0.39, 0.29) is 18.6 Å². The zero-order valence-corrected chi connectivity index (χ0v) is 26.2. The highest BCUT2D eigenvalue weighted by atomic mass is 16.6. The molecule has 38 heavy (non-hydrogen) atoms. The van der Waals surface area contributed by atoms with E-state index in [0.717, 1.165) is 59.1 Å². The number of phenolic OH excluding ortho intramolecular Hbond substituents is 1. The van der Waals surface area contributed by atoms with E-state index in [9.17, 15) is 9.90 Å². The lowest BCUT2D eigenvalue weighted by molar-refractivity contribution is -0.164. The Hall–Kier alpha value is -1.75. The first-order valence-corrected chi connectivity index (χ1v) is 15.1. The Bertz CT molecular complexity index is 909. The van der Waals surface area contributed by atoms with Crippen LogP contribution >= 0.6 is 0 Å². The minimum absolute atomic E-state index is 0.236. The van der Waals surface area contributed by atoms with E-state index in [1.807, 2.05) is 39.8 Å². The molecule has 1 aliphatic heterocycles. The van der Waals surface area contributed by atoms with E-state index in [0.29, 0.717) is 18.1 Å². The quantitative estimate of drug-likeness (QED) is 0.233. The standard InChI is InChI=1S/C33H57NO4/c1-22(2)14-11-15-23(3)16-12-17-24(4)18-13-19-33(8)29(37-30(35)21-34(9)10)20-28-27(7)31(36)25(5)26(6)32(28)38-33/h22-24,29,36H,11-21H2,1-10H3/t23-,24+,29?,33-/m0/s1. The Morgan fingerprint density at radius 2 is 1.50 bits per heavy atom. The van der Waals surface area contributed by atoms with Crippen LogP contribution in [0, 0.1) is 38.5 Å². The van der Waals surface area contributed by atoms with Crippen LogP contribution in [0.1, 0.15) is 115 Å². The number of likely N-dealkylation sites (N-methyl/N-ethyl adjacent to an activating group) is 1. The normalized spacial score (nSPS) is 20.8. The molecule has 0 radical (unpaired) electrons. The van der Waals surface area contributed by atoms with Gasteiger partial charge in [0.15, 0.2) is 0 Å². The summed E-state index contributed by atoms with van der Waals surface area (Å²) in [6, 6.07) is 0. The number of hydrogen-bond donors (Lipinski definition) is 1. The predicted octanol–water partition coefficient (Wildman–Crippen LogP) is 7.92. The van der Waals surface area contributed by atoms with Crippen molar-refractivity contribution >= 4 is 5.97 Å². The van der Waals surface area contributed by atoms with Gasteiger partial charge in [-0.2, -0.15) is 0 Å². The maximum absolute atomic E-state index is 12.7. The van der Waals surface area contributed by atoms with E-state index >= 15 is 0 Å². The number of ether oxygens (including phenoxy) is 2. The third-order valence-electron chi connectivity index (χ3n) is 8.71. The maximum atomic E-state index is 12.7. The molecule has 1 aromatic rings. The van der Waals surface area contributed by atoms with Gasteiger partial charge in [0.25, 0.3) is 0 Å². The summed E-state index contributed by atoms with van der Waals surface area (Å²) in [5.41, 5.74) is 3.02. The molecule has 0 saturated carbocycles. The first-order valence-electron chi connectivity index (χ1n) is 15.1. The summed E-state index contributed by atoms with van der Waals surface area (Å²) < 4.78 is 12.8. The first kappa shape index (κ1) is 32.5. The van der Waals surface area contributed by atoms with E-state index in [1.165, 1.54) is 38.5 Å². The average molecular weight is 532 g/mol. The molecule has 5 nitrogen and oxygen atoms in total. The van der Waals surface area contributed by atoms with Crippen molar-refractivity contribution in [3.05, 3.63) is 22.3 Å². The summed E-state index contributed by atoms with van der Waals surface area (Å²) in [4.78, 5) is 14.5. The summed E-state index contributed by atoms with van der Waals surface area (Å²) in [6.07, 6.45) is 11.2. The fraction of sp³-hybridized carbons (Fsp3) is 0.788. The Morgan fingerprint density at radius 1 is 0.947 bits per heavy atom. The Morgan fingerprint density at radius 3 is 2.05 bits per heavy atom. The third kappa shape index (κ3) is 9.17. The van der Waals surface area contributed by atoms with Crippen LogP contribution in [0.15, 0.2) is 0 Å². The van der Waals surface area contributed by atoms with E-state index in [1.54, 1.807) is 0 Å². The van der Waals surface area contributed by atoms with Crippen molar-refractivity contribution in [2.24, 2.45) is 17.8 Å². The van der Waals surface area contributed by atoms with Gasteiger partial charge in [-0.15, -0.1) is 0 Å². The van der Waals surface area contributed by atoms with Crippen molar-refractivity contribution in [1.82, 2.24) is 4.90 Å². The Balaban J connectivity index is 2.01. The highest BCUT2D eigenvalue weighted by molar-refractivity contribution is 5.72. The van der Waals surface area contributed by atoms with Crippen molar-refractivity contribution in [1.29, 1.82) is 0 Å². The number of carbonyl (C=O) groups excluding carboxylic acids is 1. The number of nitrogens with zero attached hydrogens (tertiary/aromatic N) is 1. The SMILES string of the molecule is Cc1c(C)c2c(c(C)c1O)CC(OC(=O)CN(C)C)[C@](C)(CCC[C@H](C)CCC[C@@H](C)CCCC(C)C)O2. The number of carbonyl (C=O) groups is 1. The largest absolute Gasteiger partial charge is 0.507 e. The molecule has 1 unspecified atom stereocenters. The molecule has 0 aromatic heterocycles. The van der Waals surface area contributed by atoms with Gasteiger partial charge < -0.3 is 14.6 Å². The van der Waals surface area contributed by atoms with Gasteiger partial charge in [-0.1, -0.05) is 72.6 Å². The second-order valence-electron chi connectivity index (χ2n) is 13.2. The fourth-order valence-electron chi connectivity index (χ4n) is 5.86. The van der Waals surface area contributed by atoms with E-state index < -0.39 is 5.60 Å². The zero-order chi connectivity index (χ0) is 28.6. The van der Waals surface area contributed by atoms with E-state index in [4.69, 9.17) is 9.47 Å². The lowest BCUT2D eigenvalue weighted by Gasteiger charge is -2.43. The Labute approximate surface area is 233 Å². The van der Waals surface area contributed by atoms with Gasteiger partial charge in [0.1, 0.15) is 23.2 Å². The van der Waals surface area contributed by atoms with Crippen LogP contribution in [0.5, 0.6) is 11.5 Å². The van der Waals surface area contributed by atoms with Crippen molar-refractivity contribution < 1.29 is 19.4 Å². The second-order valence-corrected chi connectivity index (χ2v) is 13.2. The molecule has 0 amide bonds. The van der Waals surface area contributed by atoms with Crippen molar-refractivity contribution in [2.45, 2.75) is 131 Å². The molecule has 218 valence electrons. The molecule has 1 N–H and O–H groups in total.